The molecule has 14 nitrogen and oxygen atoms in total. The van der Waals surface area contributed by atoms with Crippen LogP contribution >= 0.6 is 0 Å². The molecule has 3 N–H and O–H groups in total. The van der Waals surface area contributed by atoms with Gasteiger partial charge in [-0.15, -0.1) is 0 Å². The number of nitrogens with zero attached hydrogens (tertiary/aromatic N) is 2. The van der Waals surface area contributed by atoms with Crippen molar-refractivity contribution in [3.63, 3.8) is 0 Å². The van der Waals surface area contributed by atoms with Crippen LogP contribution in [0.2, 0.25) is 0 Å². The van der Waals surface area contributed by atoms with Crippen LogP contribution in [0.15, 0.2) is 53.8 Å². The van der Waals surface area contributed by atoms with Crippen LogP contribution < -0.4 is 5.32 Å². The van der Waals surface area contributed by atoms with Gasteiger partial charge in [-0.1, -0.05) is 45.4 Å². The number of benzene rings is 1. The van der Waals surface area contributed by atoms with Crippen molar-refractivity contribution in [2.45, 2.75) is 187 Å². The van der Waals surface area contributed by atoms with Crippen molar-refractivity contribution >= 4 is 40.0 Å². The number of amides is 1. The van der Waals surface area contributed by atoms with Gasteiger partial charge in [0.15, 0.2) is 0 Å². The van der Waals surface area contributed by atoms with E-state index in [-0.39, 0.29) is 55.6 Å². The van der Waals surface area contributed by atoms with E-state index in [1.54, 1.807) is 28.1 Å². The second-order valence-electron chi connectivity index (χ2n) is 20.4. The fourth-order valence-corrected chi connectivity index (χ4v) is 11.5. The monoisotopic (exact) mass is 948 g/mol. The van der Waals surface area contributed by atoms with Gasteiger partial charge < -0.3 is 48.7 Å². The van der Waals surface area contributed by atoms with Crippen LogP contribution in [-0.4, -0.2) is 125 Å². The molecule has 1 aromatic heterocycles. The van der Waals surface area contributed by atoms with E-state index >= 15 is 0 Å². The lowest BCUT2D eigenvalue weighted by Crippen LogP contribution is -2.64. The maximum atomic E-state index is 14.6. The van der Waals surface area contributed by atoms with E-state index < -0.39 is 77.8 Å². The Morgan fingerprint density at radius 1 is 0.941 bits per heavy atom. The molecule has 2 bridgehead atoms. The molecule has 1 saturated carbocycles. The summed E-state index contributed by atoms with van der Waals surface area (Å²) in [4.78, 5) is 58.7. The van der Waals surface area contributed by atoms with E-state index in [4.69, 9.17) is 23.7 Å². The van der Waals surface area contributed by atoms with Crippen LogP contribution in [0.4, 0.5) is 5.69 Å². The Hall–Kier alpha value is -3.92. The number of hydrogen-bond donors (Lipinski definition) is 3. The van der Waals surface area contributed by atoms with Crippen LogP contribution in [-0.2, 0) is 49.4 Å². The molecule has 1 amide bonds. The minimum absolute atomic E-state index is 0.0340. The van der Waals surface area contributed by atoms with Gasteiger partial charge in [0.1, 0.15) is 24.0 Å². The number of nitrogens with one attached hydrogen (secondary N) is 1. The number of ketones is 2. The van der Waals surface area contributed by atoms with Crippen molar-refractivity contribution in [3.8, 4) is 0 Å². The molecular formula is C54H81N3O11. The van der Waals surface area contributed by atoms with E-state index in [1.165, 1.54) is 15.8 Å². The number of esters is 1. The molecule has 2 aromatic rings. The maximum Gasteiger partial charge on any atom is 0.329 e. The SMILES string of the molecule is CCOC1CC(C=C(C)C2OC(=O)C3CCCCN3C(=O)C(=O)C3(O)OC(C(OC)CC(C)C/C(C)=C/C(CC)C(=O)CC(O)C2C)C(OC)CC3C)CCC1Nc1ccc2c(ccn2CC)c1. The van der Waals surface area contributed by atoms with E-state index in [0.29, 0.717) is 45.1 Å². The number of aliphatic hydroxyl groups excluding tert-OH is 1. The molecule has 14 atom stereocenters. The lowest BCUT2D eigenvalue weighted by Gasteiger charge is -2.47. The Morgan fingerprint density at radius 3 is 2.37 bits per heavy atom. The zero-order chi connectivity index (χ0) is 49.4. The lowest BCUT2D eigenvalue weighted by molar-refractivity contribution is -0.302. The number of cyclic esters (lactones) is 1. The topological polar surface area (TPSA) is 175 Å². The molecule has 0 radical (unpaired) electrons. The van der Waals surface area contributed by atoms with Crippen LogP contribution in [0, 0.1) is 29.6 Å². The van der Waals surface area contributed by atoms with Gasteiger partial charge in [-0.2, -0.15) is 0 Å². The first-order valence-electron chi connectivity index (χ1n) is 25.5. The summed E-state index contributed by atoms with van der Waals surface area (Å²) in [6.07, 6.45) is 7.46. The molecule has 0 spiro atoms. The number of piperidine rings is 1. The maximum absolute atomic E-state index is 14.6. The number of ether oxygens (including phenoxy) is 5. The summed E-state index contributed by atoms with van der Waals surface area (Å²) < 4.78 is 33.2. The van der Waals surface area contributed by atoms with Crippen LogP contribution in [0.3, 0.4) is 0 Å². The average Bonchev–Trinajstić information content (AvgIpc) is 3.74. The van der Waals surface area contributed by atoms with E-state index in [0.717, 1.165) is 36.2 Å². The predicted octanol–water partition coefficient (Wildman–Crippen LogP) is 7.96. The molecule has 3 aliphatic heterocycles. The van der Waals surface area contributed by atoms with Gasteiger partial charge in [-0.25, -0.2) is 4.79 Å². The molecule has 1 aromatic carbocycles. The number of allylic oxidation sites excluding steroid dienone is 3. The Balaban J connectivity index is 1.30. The van der Waals surface area contributed by atoms with Gasteiger partial charge in [-0.3, -0.25) is 14.4 Å². The number of rotatable bonds is 10. The molecule has 378 valence electrons. The summed E-state index contributed by atoms with van der Waals surface area (Å²) in [5, 5.41) is 29.0. The Bertz CT molecular complexity index is 2120. The largest absolute Gasteiger partial charge is 0.456 e. The molecule has 14 heteroatoms. The first-order valence-corrected chi connectivity index (χ1v) is 25.5. The molecule has 2 saturated heterocycles. The number of aliphatic hydroxyl groups is 2. The van der Waals surface area contributed by atoms with Gasteiger partial charge >= 0.3 is 5.97 Å². The summed E-state index contributed by atoms with van der Waals surface area (Å²) in [5.41, 5.74) is 3.96. The molecule has 68 heavy (non-hydrogen) atoms. The standard InChI is InChI=1S/C54H81N3O11/c1-11-38-25-32(4)24-33(5)26-47(64-9)50-48(65-10)28-35(7)54(63,68-50)51(60)52(61)57-22-15-14-16-43(57)53(62)67-49(36(8)44(58)31-45(38)59)34(6)27-37-17-19-41(46(29-37)66-13-3)55-40-18-20-42-39(30-40)21-23-56(42)12-2/h18,20-21,23,25,27,30,33,35-38,41,43-44,46-50,55,58,63H,11-17,19,22,24,26,28-29,31H2,1-10H3/b32-25+,34-27?. The van der Waals surface area contributed by atoms with Crippen molar-refractivity contribution < 1.29 is 53.1 Å². The fraction of sp³-hybridized carbons (Fsp3) is 0.704. The smallest absolute Gasteiger partial charge is 0.329 e. The Labute approximate surface area is 404 Å². The molecule has 3 fully saturated rings. The zero-order valence-electron chi connectivity index (χ0n) is 42.4. The number of methoxy groups -OCH3 is 2. The number of anilines is 1. The second-order valence-corrected chi connectivity index (χ2v) is 20.4. The average molecular weight is 948 g/mol. The molecular weight excluding hydrogens is 867 g/mol. The van der Waals surface area contributed by atoms with E-state index in [2.05, 4.69) is 60.3 Å². The summed E-state index contributed by atoms with van der Waals surface area (Å²) in [6, 6.07) is 7.53. The zero-order valence-corrected chi connectivity index (χ0v) is 42.4. The third-order valence-corrected chi connectivity index (χ3v) is 15.5. The minimum Gasteiger partial charge on any atom is -0.456 e. The predicted molar refractivity (Wildman–Crippen MR) is 262 cm³/mol. The van der Waals surface area contributed by atoms with Crippen molar-refractivity contribution in [1.29, 1.82) is 0 Å². The van der Waals surface area contributed by atoms with Crippen molar-refractivity contribution in [3.05, 3.63) is 53.8 Å². The van der Waals surface area contributed by atoms with Gasteiger partial charge in [0.05, 0.1) is 30.5 Å². The van der Waals surface area contributed by atoms with Crippen molar-refractivity contribution in [2.75, 3.05) is 32.7 Å². The number of aryl methyl sites for hydroxylation is 1. The number of fused-ring (bicyclic) bond motifs is 4. The normalized spacial score (nSPS) is 36.4. The van der Waals surface area contributed by atoms with Crippen molar-refractivity contribution in [1.82, 2.24) is 9.47 Å². The summed E-state index contributed by atoms with van der Waals surface area (Å²) in [5.74, 6) is -7.37. The number of carbonyl (C=O) groups is 4. The van der Waals surface area contributed by atoms with Gasteiger partial charge in [0, 0.05) is 80.9 Å². The van der Waals surface area contributed by atoms with Crippen LogP contribution in [0.5, 0.6) is 0 Å². The van der Waals surface area contributed by atoms with Crippen LogP contribution in [0.1, 0.15) is 126 Å². The molecule has 4 aliphatic rings. The highest BCUT2D eigenvalue weighted by molar-refractivity contribution is 6.39. The number of Topliss-reactive ketones (excluding diaryl/α,β-unsaturated/α-hetero) is 2. The summed E-state index contributed by atoms with van der Waals surface area (Å²) in [7, 11) is 3.09. The third kappa shape index (κ3) is 12.1. The van der Waals surface area contributed by atoms with Crippen LogP contribution in [0.25, 0.3) is 10.9 Å². The second kappa shape index (κ2) is 23.8. The number of carbonyl (C=O) groups excluding carboxylic acids is 4. The fourth-order valence-electron chi connectivity index (χ4n) is 11.5. The first kappa shape index (κ1) is 53.4. The van der Waals surface area contributed by atoms with Gasteiger partial charge in [0.25, 0.3) is 11.7 Å². The Kier molecular flexibility index (Phi) is 18.7. The lowest BCUT2D eigenvalue weighted by atomic mass is 9.80. The third-order valence-electron chi connectivity index (χ3n) is 15.5. The highest BCUT2D eigenvalue weighted by atomic mass is 16.7. The van der Waals surface area contributed by atoms with E-state index in [1.807, 2.05) is 33.8 Å². The molecule has 14 unspecified atom stereocenters. The highest BCUT2D eigenvalue weighted by Crippen LogP contribution is 2.40. The van der Waals surface area contributed by atoms with E-state index in [9.17, 15) is 29.4 Å². The van der Waals surface area contributed by atoms with Crippen molar-refractivity contribution in [2.24, 2.45) is 29.6 Å². The summed E-state index contributed by atoms with van der Waals surface area (Å²) >= 11 is 0. The number of hydrogen-bond acceptors (Lipinski definition) is 12. The summed E-state index contributed by atoms with van der Waals surface area (Å²) in [6.45, 7) is 17.0. The Morgan fingerprint density at radius 2 is 1.68 bits per heavy atom. The molecule has 6 rings (SSSR count). The molecule has 4 heterocycles. The first-order chi connectivity index (χ1) is 32.5. The van der Waals surface area contributed by atoms with Gasteiger partial charge in [-0.05, 0) is 134 Å². The number of aromatic nitrogens is 1. The van der Waals surface area contributed by atoms with Gasteiger partial charge in [0.2, 0.25) is 5.79 Å². The minimum atomic E-state index is -2.50. The highest BCUT2D eigenvalue weighted by Gasteiger charge is 2.56. The molecule has 1 aliphatic carbocycles. The quantitative estimate of drug-likeness (QED) is 0.119.